The van der Waals surface area contributed by atoms with Crippen molar-refractivity contribution in [3.8, 4) is 0 Å². The number of hydrogen-bond donors (Lipinski definition) is 1. The van der Waals surface area contributed by atoms with Gasteiger partial charge >= 0.3 is 0 Å². The van der Waals surface area contributed by atoms with Crippen LogP contribution in [0.5, 0.6) is 0 Å². The Hall–Kier alpha value is 0.01000. The molecule has 0 amide bonds. The summed E-state index contributed by atoms with van der Waals surface area (Å²) in [4.78, 5) is 0. The fourth-order valence-electron chi connectivity index (χ4n) is 1.90. The van der Waals surface area contributed by atoms with Gasteiger partial charge in [0.25, 0.3) is 0 Å². The molecule has 0 spiro atoms. The standard InChI is InChI=1S/C11H13BrOS/c1-8-11(13,6-7-14-8)9-4-2-3-5-10(9)12/h2-5,8,13H,6-7H2,1H3/t8-,11-/m1/s1. The van der Waals surface area contributed by atoms with Gasteiger partial charge in [-0.25, -0.2) is 0 Å². The zero-order chi connectivity index (χ0) is 10.2. The molecule has 1 heterocycles. The van der Waals surface area contributed by atoms with Crippen LogP contribution in [0, 0.1) is 0 Å². The minimum Gasteiger partial charge on any atom is -0.384 e. The lowest BCUT2D eigenvalue weighted by atomic mass is 9.89. The molecule has 76 valence electrons. The maximum Gasteiger partial charge on any atom is 0.103 e. The van der Waals surface area contributed by atoms with Gasteiger partial charge < -0.3 is 5.11 Å². The SMILES string of the molecule is C[C@H]1SCC[C@]1(O)c1ccccc1Br. The third-order valence-corrected chi connectivity index (χ3v) is 4.89. The van der Waals surface area contributed by atoms with Crippen molar-refractivity contribution in [1.29, 1.82) is 0 Å². The summed E-state index contributed by atoms with van der Waals surface area (Å²) in [6, 6.07) is 7.95. The third kappa shape index (κ3) is 1.62. The lowest BCUT2D eigenvalue weighted by molar-refractivity contribution is 0.0420. The number of rotatable bonds is 1. The summed E-state index contributed by atoms with van der Waals surface area (Å²) in [7, 11) is 0. The topological polar surface area (TPSA) is 20.2 Å². The summed E-state index contributed by atoms with van der Waals surface area (Å²) < 4.78 is 1.01. The van der Waals surface area contributed by atoms with Crippen LogP contribution in [-0.4, -0.2) is 16.1 Å². The van der Waals surface area contributed by atoms with Crippen LogP contribution >= 0.6 is 27.7 Å². The molecule has 1 aromatic carbocycles. The molecule has 0 unspecified atom stereocenters. The van der Waals surface area contributed by atoms with E-state index in [-0.39, 0.29) is 5.25 Å². The molecule has 0 saturated carbocycles. The lowest BCUT2D eigenvalue weighted by Gasteiger charge is -2.28. The first-order chi connectivity index (χ1) is 6.64. The molecule has 2 rings (SSSR count). The van der Waals surface area contributed by atoms with E-state index in [0.717, 1.165) is 22.2 Å². The molecule has 3 heteroatoms. The average molecular weight is 273 g/mol. The van der Waals surface area contributed by atoms with Gasteiger partial charge in [0.1, 0.15) is 5.60 Å². The van der Waals surface area contributed by atoms with Gasteiger partial charge in [0.05, 0.1) is 0 Å². The smallest absolute Gasteiger partial charge is 0.103 e. The fraction of sp³-hybridized carbons (Fsp3) is 0.455. The van der Waals surface area contributed by atoms with Crippen molar-refractivity contribution in [2.24, 2.45) is 0 Å². The molecule has 1 aromatic rings. The predicted molar refractivity (Wildman–Crippen MR) is 64.6 cm³/mol. The minimum absolute atomic E-state index is 0.279. The minimum atomic E-state index is -0.648. The maximum atomic E-state index is 10.6. The van der Waals surface area contributed by atoms with E-state index < -0.39 is 5.60 Å². The molecule has 2 atom stereocenters. The molecular weight excluding hydrogens is 260 g/mol. The number of hydrogen-bond acceptors (Lipinski definition) is 2. The number of benzene rings is 1. The highest BCUT2D eigenvalue weighted by Crippen LogP contribution is 2.45. The Balaban J connectivity index is 2.43. The van der Waals surface area contributed by atoms with Crippen molar-refractivity contribution < 1.29 is 5.11 Å². The van der Waals surface area contributed by atoms with E-state index in [0.29, 0.717) is 0 Å². The Labute approximate surface area is 97.0 Å². The summed E-state index contributed by atoms with van der Waals surface area (Å²) in [5, 5.41) is 10.8. The second-order valence-corrected chi connectivity index (χ2v) is 5.97. The van der Waals surface area contributed by atoms with Crippen LogP contribution in [-0.2, 0) is 5.60 Å². The zero-order valence-corrected chi connectivity index (χ0v) is 10.4. The van der Waals surface area contributed by atoms with Crippen molar-refractivity contribution in [2.75, 3.05) is 5.75 Å². The second-order valence-electron chi connectivity index (χ2n) is 3.67. The van der Waals surface area contributed by atoms with E-state index in [1.54, 1.807) is 0 Å². The predicted octanol–water partition coefficient (Wildman–Crippen LogP) is 3.16. The highest BCUT2D eigenvalue weighted by Gasteiger charge is 2.41. The molecule has 1 aliphatic rings. The van der Waals surface area contributed by atoms with Crippen LogP contribution in [0.3, 0.4) is 0 Å². The number of aliphatic hydroxyl groups is 1. The molecule has 0 bridgehead atoms. The Morgan fingerprint density at radius 2 is 2.21 bits per heavy atom. The van der Waals surface area contributed by atoms with Crippen LogP contribution in [0.1, 0.15) is 18.9 Å². The summed E-state index contributed by atoms with van der Waals surface area (Å²) in [6.07, 6.45) is 0.849. The average Bonchev–Trinajstić information content (AvgIpc) is 2.49. The first kappa shape index (κ1) is 10.5. The van der Waals surface area contributed by atoms with Crippen LogP contribution in [0.2, 0.25) is 0 Å². The molecule has 1 saturated heterocycles. The Kier molecular flexibility index (Phi) is 2.91. The lowest BCUT2D eigenvalue weighted by Crippen LogP contribution is -2.31. The molecular formula is C11H13BrOS. The molecule has 14 heavy (non-hydrogen) atoms. The first-order valence-electron chi connectivity index (χ1n) is 4.73. The molecule has 0 radical (unpaired) electrons. The van der Waals surface area contributed by atoms with Crippen molar-refractivity contribution in [2.45, 2.75) is 24.2 Å². The van der Waals surface area contributed by atoms with Gasteiger partial charge in [0.2, 0.25) is 0 Å². The van der Waals surface area contributed by atoms with Crippen molar-refractivity contribution in [3.63, 3.8) is 0 Å². The molecule has 1 N–H and O–H groups in total. The fourth-order valence-corrected chi connectivity index (χ4v) is 3.83. The van der Waals surface area contributed by atoms with Crippen molar-refractivity contribution >= 4 is 27.7 Å². The van der Waals surface area contributed by atoms with Crippen LogP contribution in [0.25, 0.3) is 0 Å². The first-order valence-corrected chi connectivity index (χ1v) is 6.58. The molecule has 1 aliphatic heterocycles. The van der Waals surface area contributed by atoms with Gasteiger partial charge in [-0.2, -0.15) is 11.8 Å². The zero-order valence-electron chi connectivity index (χ0n) is 8.03. The summed E-state index contributed by atoms with van der Waals surface area (Å²) >= 11 is 5.34. The van der Waals surface area contributed by atoms with E-state index in [1.165, 1.54) is 0 Å². The highest BCUT2D eigenvalue weighted by molar-refractivity contribution is 9.10. The monoisotopic (exact) mass is 272 g/mol. The van der Waals surface area contributed by atoms with Gasteiger partial charge in [-0.1, -0.05) is 41.1 Å². The Morgan fingerprint density at radius 1 is 1.50 bits per heavy atom. The van der Waals surface area contributed by atoms with Crippen molar-refractivity contribution in [3.05, 3.63) is 34.3 Å². The molecule has 0 aliphatic carbocycles. The third-order valence-electron chi connectivity index (χ3n) is 2.86. The second kappa shape index (κ2) is 3.87. The molecule has 1 fully saturated rings. The molecule has 1 nitrogen and oxygen atoms in total. The van der Waals surface area contributed by atoms with Crippen LogP contribution < -0.4 is 0 Å². The number of halogens is 1. The van der Waals surface area contributed by atoms with E-state index in [4.69, 9.17) is 0 Å². The van der Waals surface area contributed by atoms with E-state index in [9.17, 15) is 5.11 Å². The van der Waals surface area contributed by atoms with Gasteiger partial charge in [-0.15, -0.1) is 0 Å². The normalized spacial score (nSPS) is 32.1. The van der Waals surface area contributed by atoms with E-state index in [1.807, 2.05) is 36.0 Å². The summed E-state index contributed by atoms with van der Waals surface area (Å²) in [5.41, 5.74) is 0.377. The van der Waals surface area contributed by atoms with Gasteiger partial charge in [-0.3, -0.25) is 0 Å². The van der Waals surface area contributed by atoms with E-state index >= 15 is 0 Å². The Bertz CT molecular complexity index is 342. The van der Waals surface area contributed by atoms with Gasteiger partial charge in [0.15, 0.2) is 0 Å². The van der Waals surface area contributed by atoms with Crippen molar-refractivity contribution in [1.82, 2.24) is 0 Å². The largest absolute Gasteiger partial charge is 0.384 e. The summed E-state index contributed by atoms with van der Waals surface area (Å²) in [6.45, 7) is 2.09. The maximum absolute atomic E-state index is 10.6. The number of thioether (sulfide) groups is 1. The summed E-state index contributed by atoms with van der Waals surface area (Å²) in [5.74, 6) is 1.04. The van der Waals surface area contributed by atoms with Gasteiger partial charge in [-0.05, 0) is 23.8 Å². The highest BCUT2D eigenvalue weighted by atomic mass is 79.9. The van der Waals surface area contributed by atoms with Gasteiger partial charge in [0, 0.05) is 9.72 Å². The van der Waals surface area contributed by atoms with E-state index in [2.05, 4.69) is 22.9 Å². The Morgan fingerprint density at radius 3 is 2.79 bits per heavy atom. The molecule has 0 aromatic heterocycles. The van der Waals surface area contributed by atoms with Crippen LogP contribution in [0.15, 0.2) is 28.7 Å². The quantitative estimate of drug-likeness (QED) is 0.848. The van der Waals surface area contributed by atoms with Crippen LogP contribution in [0.4, 0.5) is 0 Å².